The first-order valence-electron chi connectivity index (χ1n) is 14.0. The number of carbonyl (C=O) groups excluding carboxylic acids is 5. The second-order valence-corrected chi connectivity index (χ2v) is 12.2. The average molecular weight is 585 g/mol. The minimum absolute atomic E-state index is 0.0597. The van der Waals surface area contributed by atoms with Gasteiger partial charge in [-0.3, -0.25) is 33.9 Å². The van der Waals surface area contributed by atoms with Crippen molar-refractivity contribution >= 4 is 45.6 Å². The lowest BCUT2D eigenvalue weighted by Gasteiger charge is -2.54. The maximum Gasteiger partial charge on any atom is 0.235 e. The number of anilines is 1. The lowest BCUT2D eigenvalue weighted by Crippen LogP contribution is -2.74. The zero-order chi connectivity index (χ0) is 31.1. The second-order valence-electron chi connectivity index (χ2n) is 12.2. The van der Waals surface area contributed by atoms with E-state index in [9.17, 15) is 34.2 Å². The number of likely N-dealkylation sites (N-methyl/N-ethyl adjacent to an activating group) is 1. The smallest absolute Gasteiger partial charge is 0.235 e. The van der Waals surface area contributed by atoms with Crippen LogP contribution in [0.15, 0.2) is 48.7 Å². The molecule has 3 aliphatic carbocycles. The van der Waals surface area contributed by atoms with Gasteiger partial charge in [-0.15, -0.1) is 0 Å². The van der Waals surface area contributed by atoms with E-state index >= 15 is 0 Å². The lowest BCUT2D eigenvalue weighted by atomic mass is 9.50. The van der Waals surface area contributed by atoms with Crippen LogP contribution < -0.4 is 10.6 Å². The van der Waals surface area contributed by atoms with Gasteiger partial charge in [0.2, 0.25) is 5.91 Å². The number of pyridine rings is 1. The number of nitrogens with two attached hydrogens (primary N) is 1. The number of phenols is 1. The van der Waals surface area contributed by atoms with Crippen LogP contribution in [-0.2, 0) is 19.2 Å². The van der Waals surface area contributed by atoms with Crippen molar-refractivity contribution in [2.75, 3.05) is 33.1 Å². The Hall–Kier alpha value is -4.48. The summed E-state index contributed by atoms with van der Waals surface area (Å²) in [5, 5.41) is 24.0. The van der Waals surface area contributed by atoms with E-state index in [1.54, 1.807) is 32.3 Å². The molecule has 1 aromatic heterocycles. The third-order valence-corrected chi connectivity index (χ3v) is 9.55. The molecule has 11 nitrogen and oxygen atoms in total. The van der Waals surface area contributed by atoms with E-state index in [1.807, 2.05) is 43.3 Å². The maximum absolute atomic E-state index is 14.4. The number of hydrogen-bond acceptors (Lipinski definition) is 10. The molecule has 6 rings (SSSR count). The van der Waals surface area contributed by atoms with Crippen LogP contribution in [0.2, 0.25) is 0 Å². The number of aromatic hydroxyl groups is 1. The number of ketones is 4. The Kier molecular flexibility index (Phi) is 6.51. The molecular weight excluding hydrogens is 552 g/mol. The number of carbonyl (C=O) groups is 5. The molecule has 2 aromatic carbocycles. The Bertz CT molecular complexity index is 1730. The van der Waals surface area contributed by atoms with E-state index in [0.717, 1.165) is 11.3 Å². The predicted molar refractivity (Wildman–Crippen MR) is 156 cm³/mol. The SMILES string of the molecule is CN(C)c1ccc([C@H]2c3cc4cccnc4c(O)c3C(=O)C3C(=O)[C@]4(O)C(=O)C(C(N)=O)C(=O)[C@@H](N(C)C)[C@@H]4C[C@@H]32)cc1. The zero-order valence-electron chi connectivity index (χ0n) is 24.1. The summed E-state index contributed by atoms with van der Waals surface area (Å²) in [6.45, 7) is 0. The molecule has 0 saturated heterocycles. The summed E-state index contributed by atoms with van der Waals surface area (Å²) in [5.74, 6) is -11.8. The Balaban J connectivity index is 1.61. The summed E-state index contributed by atoms with van der Waals surface area (Å²) in [6.07, 6.45) is 1.42. The van der Waals surface area contributed by atoms with Gasteiger partial charge in [-0.25, -0.2) is 0 Å². The number of benzene rings is 2. The fourth-order valence-electron chi connectivity index (χ4n) is 7.64. The molecule has 0 spiro atoms. The van der Waals surface area contributed by atoms with Crippen molar-refractivity contribution in [3.05, 3.63) is 65.4 Å². The molecule has 4 N–H and O–H groups in total. The molecule has 2 fully saturated rings. The van der Waals surface area contributed by atoms with Gasteiger partial charge >= 0.3 is 0 Å². The normalized spacial score (nSPS) is 30.2. The Morgan fingerprint density at radius 1 is 1.00 bits per heavy atom. The van der Waals surface area contributed by atoms with Crippen LogP contribution in [0.25, 0.3) is 10.9 Å². The van der Waals surface area contributed by atoms with Crippen molar-refractivity contribution in [3.8, 4) is 5.75 Å². The Morgan fingerprint density at radius 2 is 1.67 bits per heavy atom. The van der Waals surface area contributed by atoms with E-state index < -0.39 is 70.3 Å². The maximum atomic E-state index is 14.4. The van der Waals surface area contributed by atoms with Crippen LogP contribution in [0.5, 0.6) is 5.75 Å². The summed E-state index contributed by atoms with van der Waals surface area (Å²) in [4.78, 5) is 75.7. The molecule has 0 radical (unpaired) electrons. The second kappa shape index (κ2) is 9.78. The van der Waals surface area contributed by atoms with Gasteiger partial charge in [-0.1, -0.05) is 18.2 Å². The summed E-state index contributed by atoms with van der Waals surface area (Å²) >= 11 is 0. The van der Waals surface area contributed by atoms with Gasteiger partial charge in [0, 0.05) is 43.2 Å². The van der Waals surface area contributed by atoms with Crippen LogP contribution in [0.4, 0.5) is 5.69 Å². The van der Waals surface area contributed by atoms with Gasteiger partial charge in [-0.2, -0.15) is 0 Å². The van der Waals surface area contributed by atoms with Crippen molar-refractivity contribution in [1.29, 1.82) is 0 Å². The summed E-state index contributed by atoms with van der Waals surface area (Å²) in [5.41, 5.74) is 4.86. The van der Waals surface area contributed by atoms with Gasteiger partial charge in [0.15, 0.2) is 40.4 Å². The third kappa shape index (κ3) is 3.88. The van der Waals surface area contributed by atoms with E-state index in [-0.39, 0.29) is 23.3 Å². The molecule has 3 aliphatic rings. The van der Waals surface area contributed by atoms with Gasteiger partial charge in [-0.05, 0) is 61.8 Å². The van der Waals surface area contributed by atoms with Crippen molar-refractivity contribution in [2.24, 2.45) is 29.4 Å². The first kappa shape index (κ1) is 28.6. The number of nitrogens with zero attached hydrogens (tertiary/aromatic N) is 3. The van der Waals surface area contributed by atoms with Crippen molar-refractivity contribution in [2.45, 2.75) is 24.0 Å². The number of Topliss-reactive ketones (excluding diaryl/α,β-unsaturated/α-hetero) is 4. The standard InChI is InChI=1S/C32H32N4O7/c1-35(2)16-9-7-14(8-10-16)20-17-12-15-6-5-11-34-24(15)27(38)21(17)26(37)22-18(20)13-19-25(36(3)4)28(39)23(31(33)42)30(41)32(19,43)29(22)40/h5-12,18-20,22-23,25,38,43H,13H2,1-4H3,(H2,33,42)/t18-,19+,20+,22?,23?,25+,32+/m1/s1. The lowest BCUT2D eigenvalue weighted by molar-refractivity contribution is -0.181. The summed E-state index contributed by atoms with van der Waals surface area (Å²) in [6, 6.07) is 11.6. The van der Waals surface area contributed by atoms with Crippen molar-refractivity contribution < 1.29 is 34.2 Å². The van der Waals surface area contributed by atoms with Crippen LogP contribution >= 0.6 is 0 Å². The summed E-state index contributed by atoms with van der Waals surface area (Å²) < 4.78 is 0. The number of primary amides is 1. The van der Waals surface area contributed by atoms with Gasteiger partial charge in [0.05, 0.1) is 17.5 Å². The third-order valence-electron chi connectivity index (χ3n) is 9.55. The fraction of sp³-hybridized carbons (Fsp3) is 0.375. The largest absolute Gasteiger partial charge is 0.505 e. The van der Waals surface area contributed by atoms with E-state index in [2.05, 4.69) is 4.98 Å². The highest BCUT2D eigenvalue weighted by atomic mass is 16.3. The Labute approximate surface area is 247 Å². The van der Waals surface area contributed by atoms with E-state index in [1.165, 1.54) is 11.1 Å². The van der Waals surface area contributed by atoms with Gasteiger partial charge in [0.1, 0.15) is 5.52 Å². The minimum Gasteiger partial charge on any atom is -0.505 e. The molecule has 0 bridgehead atoms. The number of phenolic OH excluding ortho intramolecular Hbond substituents is 1. The number of hydrogen-bond donors (Lipinski definition) is 3. The van der Waals surface area contributed by atoms with E-state index in [0.29, 0.717) is 10.9 Å². The molecule has 7 atom stereocenters. The molecule has 0 aliphatic heterocycles. The highest BCUT2D eigenvalue weighted by molar-refractivity contribution is 6.32. The van der Waals surface area contributed by atoms with Crippen LogP contribution in [-0.4, -0.2) is 89.0 Å². The molecular formula is C32H32N4O7. The highest BCUT2D eigenvalue weighted by Crippen LogP contribution is 2.56. The fourth-order valence-corrected chi connectivity index (χ4v) is 7.64. The van der Waals surface area contributed by atoms with Crippen LogP contribution in [0, 0.1) is 23.7 Å². The summed E-state index contributed by atoms with van der Waals surface area (Å²) in [7, 11) is 6.91. The van der Waals surface area contributed by atoms with Gasteiger partial charge < -0.3 is 20.8 Å². The molecule has 43 heavy (non-hydrogen) atoms. The van der Waals surface area contributed by atoms with Crippen LogP contribution in [0.1, 0.15) is 33.8 Å². The number of rotatable bonds is 4. The Morgan fingerprint density at radius 3 is 2.28 bits per heavy atom. The average Bonchev–Trinajstić information content (AvgIpc) is 2.95. The zero-order valence-corrected chi connectivity index (χ0v) is 24.1. The quantitative estimate of drug-likeness (QED) is 0.377. The molecule has 3 aromatic rings. The highest BCUT2D eigenvalue weighted by Gasteiger charge is 2.70. The molecule has 1 amide bonds. The topological polar surface area (TPSA) is 171 Å². The first-order valence-corrected chi connectivity index (χ1v) is 14.0. The van der Waals surface area contributed by atoms with Crippen molar-refractivity contribution in [1.82, 2.24) is 9.88 Å². The molecule has 222 valence electrons. The number of fused-ring (bicyclic) bond motifs is 4. The predicted octanol–water partition coefficient (Wildman–Crippen LogP) is 1.07. The first-order chi connectivity index (χ1) is 20.3. The molecule has 11 heteroatoms. The number of aromatic nitrogens is 1. The van der Waals surface area contributed by atoms with Crippen molar-refractivity contribution in [3.63, 3.8) is 0 Å². The monoisotopic (exact) mass is 584 g/mol. The minimum atomic E-state index is -2.80. The molecule has 2 saturated carbocycles. The molecule has 2 unspecified atom stereocenters. The number of amides is 1. The van der Waals surface area contributed by atoms with Crippen LogP contribution in [0.3, 0.4) is 0 Å². The molecule has 1 heterocycles. The van der Waals surface area contributed by atoms with Gasteiger partial charge in [0.25, 0.3) is 0 Å². The van der Waals surface area contributed by atoms with E-state index in [4.69, 9.17) is 5.73 Å². The number of aliphatic hydroxyl groups is 1.